The molecule has 0 aromatic rings. The molecule has 2 unspecified atom stereocenters. The first kappa shape index (κ1) is 33.8. The topological polar surface area (TPSA) is 52.5 Å². The summed E-state index contributed by atoms with van der Waals surface area (Å²) in [5.74, 6) is 0. The Balaban J connectivity index is 3.36. The molecular formula is C30H65N2O2+. The zero-order valence-corrected chi connectivity index (χ0v) is 24.0. The van der Waals surface area contributed by atoms with Crippen molar-refractivity contribution in [1.82, 2.24) is 5.32 Å². The smallest absolute Gasteiger partial charge is 0.142 e. The lowest BCUT2D eigenvalue weighted by atomic mass is 10.0. The molecule has 0 amide bonds. The first-order chi connectivity index (χ1) is 16.5. The van der Waals surface area contributed by atoms with Gasteiger partial charge in [-0.05, 0) is 6.42 Å². The predicted molar refractivity (Wildman–Crippen MR) is 150 cm³/mol. The molecule has 0 aliphatic carbocycles. The first-order valence-electron chi connectivity index (χ1n) is 15.3. The Morgan fingerprint density at radius 2 is 0.941 bits per heavy atom. The number of rotatable bonds is 27. The largest absolute Gasteiger partial charge is 0.393 e. The molecule has 0 bridgehead atoms. The molecule has 0 saturated heterocycles. The van der Waals surface area contributed by atoms with E-state index in [4.69, 9.17) is 5.11 Å². The molecule has 3 N–H and O–H groups in total. The molecule has 0 aliphatic rings. The van der Waals surface area contributed by atoms with E-state index < -0.39 is 6.10 Å². The Kier molecular flexibility index (Phi) is 24.4. The molecule has 206 valence electrons. The Bertz CT molecular complexity index is 403. The van der Waals surface area contributed by atoms with Crippen LogP contribution >= 0.6 is 0 Å². The summed E-state index contributed by atoms with van der Waals surface area (Å²) in [7, 11) is 4.27. The minimum atomic E-state index is -0.634. The second-order valence-corrected chi connectivity index (χ2v) is 11.4. The van der Waals surface area contributed by atoms with Crippen molar-refractivity contribution in [1.29, 1.82) is 0 Å². The molecular weight excluding hydrogens is 420 g/mol. The number of quaternary nitrogens is 1. The van der Waals surface area contributed by atoms with Crippen LogP contribution in [0.25, 0.3) is 0 Å². The van der Waals surface area contributed by atoms with Gasteiger partial charge >= 0.3 is 0 Å². The van der Waals surface area contributed by atoms with E-state index in [2.05, 4.69) is 33.3 Å². The lowest BCUT2D eigenvalue weighted by Crippen LogP contribution is -2.59. The van der Waals surface area contributed by atoms with Crippen molar-refractivity contribution in [2.24, 2.45) is 0 Å². The van der Waals surface area contributed by atoms with Gasteiger partial charge in [0.15, 0.2) is 0 Å². The molecule has 0 aromatic heterocycles. The minimum absolute atomic E-state index is 0.155. The summed E-state index contributed by atoms with van der Waals surface area (Å²) < 4.78 is 0.706. The monoisotopic (exact) mass is 486 g/mol. The molecule has 0 aromatic carbocycles. The van der Waals surface area contributed by atoms with Gasteiger partial charge in [-0.15, -0.1) is 0 Å². The number of aliphatic hydroxyl groups excluding tert-OH is 2. The van der Waals surface area contributed by atoms with E-state index >= 15 is 0 Å². The second kappa shape index (κ2) is 24.5. The Morgan fingerprint density at radius 1 is 0.588 bits per heavy atom. The highest BCUT2D eigenvalue weighted by molar-refractivity contribution is 4.59. The Morgan fingerprint density at radius 3 is 1.26 bits per heavy atom. The van der Waals surface area contributed by atoms with Crippen LogP contribution in [0.1, 0.15) is 149 Å². The summed E-state index contributed by atoms with van der Waals surface area (Å²) in [6, 6.07) is 0. The van der Waals surface area contributed by atoms with Crippen LogP contribution in [-0.2, 0) is 0 Å². The van der Waals surface area contributed by atoms with E-state index in [-0.39, 0.29) is 6.61 Å². The number of likely N-dealkylation sites (N-methyl/N-ethyl adjacent to an activating group) is 1. The third-order valence-corrected chi connectivity index (χ3v) is 7.53. The maximum atomic E-state index is 9.79. The summed E-state index contributed by atoms with van der Waals surface area (Å²) in [6.45, 7) is 5.97. The SMILES string of the molecule is CCCCCCCCCCCCCCCCCCCCCCNC(CC)[N+](C)(C)CC(O)CO. The maximum Gasteiger partial charge on any atom is 0.142 e. The van der Waals surface area contributed by atoms with Crippen molar-refractivity contribution < 1.29 is 14.7 Å². The van der Waals surface area contributed by atoms with Gasteiger partial charge < -0.3 is 14.7 Å². The van der Waals surface area contributed by atoms with E-state index in [1.807, 2.05) is 0 Å². The standard InChI is InChI=1S/C30H65N2O2/c1-5-7-8-9-10-11-12-13-14-15-16-17-18-19-20-21-22-23-24-25-26-31-30(6-2)32(3,4)27-29(34)28-33/h29-31,33-34H,5-28H2,1-4H3/q+1. The molecule has 0 aliphatic heterocycles. The summed E-state index contributed by atoms with van der Waals surface area (Å²) in [6.07, 6.45) is 29.1. The molecule has 4 nitrogen and oxygen atoms in total. The lowest BCUT2D eigenvalue weighted by molar-refractivity contribution is -0.921. The van der Waals surface area contributed by atoms with Crippen molar-refractivity contribution in [3.63, 3.8) is 0 Å². The molecule has 0 rings (SSSR count). The number of nitrogens with zero attached hydrogens (tertiary/aromatic N) is 1. The fourth-order valence-corrected chi connectivity index (χ4v) is 5.26. The average molecular weight is 486 g/mol. The summed E-state index contributed by atoms with van der Waals surface area (Å²) in [5, 5.41) is 22.6. The van der Waals surface area contributed by atoms with Crippen molar-refractivity contribution in [3.05, 3.63) is 0 Å². The molecule has 0 fully saturated rings. The van der Waals surface area contributed by atoms with Gasteiger partial charge in [0.05, 0.1) is 20.7 Å². The van der Waals surface area contributed by atoms with Crippen molar-refractivity contribution in [2.75, 3.05) is 33.8 Å². The molecule has 0 saturated carbocycles. The molecule has 0 heterocycles. The van der Waals surface area contributed by atoms with E-state index in [0.717, 1.165) is 13.0 Å². The van der Waals surface area contributed by atoms with Gasteiger partial charge in [0.2, 0.25) is 0 Å². The van der Waals surface area contributed by atoms with Crippen LogP contribution in [0.2, 0.25) is 0 Å². The zero-order valence-electron chi connectivity index (χ0n) is 24.0. The molecule has 0 radical (unpaired) electrons. The third-order valence-electron chi connectivity index (χ3n) is 7.53. The average Bonchev–Trinajstić information content (AvgIpc) is 2.81. The normalized spacial score (nSPS) is 13.9. The van der Waals surface area contributed by atoms with Gasteiger partial charge in [0.1, 0.15) is 18.8 Å². The highest BCUT2D eigenvalue weighted by Crippen LogP contribution is 2.15. The van der Waals surface area contributed by atoms with Crippen LogP contribution in [0.4, 0.5) is 0 Å². The van der Waals surface area contributed by atoms with Gasteiger partial charge in [0.25, 0.3) is 0 Å². The van der Waals surface area contributed by atoms with Crippen LogP contribution < -0.4 is 5.32 Å². The van der Waals surface area contributed by atoms with Crippen LogP contribution in [-0.4, -0.2) is 60.8 Å². The number of aliphatic hydroxyl groups is 2. The van der Waals surface area contributed by atoms with Crippen LogP contribution in [0.5, 0.6) is 0 Å². The Labute approximate surface area is 214 Å². The lowest BCUT2D eigenvalue weighted by Gasteiger charge is -2.39. The number of hydrogen-bond donors (Lipinski definition) is 3. The van der Waals surface area contributed by atoms with Crippen LogP contribution in [0.3, 0.4) is 0 Å². The number of nitrogens with one attached hydrogen (secondary N) is 1. The minimum Gasteiger partial charge on any atom is -0.393 e. The van der Waals surface area contributed by atoms with E-state index in [1.165, 1.54) is 128 Å². The van der Waals surface area contributed by atoms with Crippen LogP contribution in [0, 0.1) is 0 Å². The summed E-state index contributed by atoms with van der Waals surface area (Å²) in [5.41, 5.74) is 0. The fourth-order valence-electron chi connectivity index (χ4n) is 5.26. The quantitative estimate of drug-likeness (QED) is 0.0639. The number of unbranched alkanes of at least 4 members (excludes halogenated alkanes) is 19. The highest BCUT2D eigenvalue weighted by Gasteiger charge is 2.28. The molecule has 0 spiro atoms. The zero-order chi connectivity index (χ0) is 25.3. The van der Waals surface area contributed by atoms with Gasteiger partial charge in [-0.1, -0.05) is 136 Å². The summed E-state index contributed by atoms with van der Waals surface area (Å²) in [4.78, 5) is 0. The van der Waals surface area contributed by atoms with Crippen molar-refractivity contribution >= 4 is 0 Å². The summed E-state index contributed by atoms with van der Waals surface area (Å²) >= 11 is 0. The first-order valence-corrected chi connectivity index (χ1v) is 15.3. The third kappa shape index (κ3) is 21.1. The van der Waals surface area contributed by atoms with Gasteiger partial charge in [0, 0.05) is 13.0 Å². The fraction of sp³-hybridized carbons (Fsp3) is 1.00. The van der Waals surface area contributed by atoms with E-state index in [1.54, 1.807) is 0 Å². The van der Waals surface area contributed by atoms with Crippen molar-refractivity contribution in [3.8, 4) is 0 Å². The van der Waals surface area contributed by atoms with E-state index in [0.29, 0.717) is 17.2 Å². The molecule has 34 heavy (non-hydrogen) atoms. The second-order valence-electron chi connectivity index (χ2n) is 11.4. The van der Waals surface area contributed by atoms with Gasteiger partial charge in [-0.3, -0.25) is 5.32 Å². The molecule has 2 atom stereocenters. The van der Waals surface area contributed by atoms with Gasteiger partial charge in [-0.2, -0.15) is 0 Å². The predicted octanol–water partition coefficient (Wildman–Crippen LogP) is 7.56. The van der Waals surface area contributed by atoms with Gasteiger partial charge in [-0.25, -0.2) is 0 Å². The molecule has 4 heteroatoms. The highest BCUT2D eigenvalue weighted by atomic mass is 16.3. The van der Waals surface area contributed by atoms with E-state index in [9.17, 15) is 5.11 Å². The van der Waals surface area contributed by atoms with Crippen LogP contribution in [0.15, 0.2) is 0 Å². The van der Waals surface area contributed by atoms with Crippen molar-refractivity contribution in [2.45, 2.75) is 161 Å². The Hall–Kier alpha value is -0.160. The maximum absolute atomic E-state index is 9.79. The number of hydrogen-bond acceptors (Lipinski definition) is 3.